The van der Waals surface area contributed by atoms with E-state index in [0.29, 0.717) is 5.56 Å². The summed E-state index contributed by atoms with van der Waals surface area (Å²) < 4.78 is 0. The van der Waals surface area contributed by atoms with E-state index < -0.39 is 0 Å². The van der Waals surface area contributed by atoms with Crippen molar-refractivity contribution >= 4 is 35.4 Å². The molecular weight excluding hydrogens is 396 g/mol. The lowest BCUT2D eigenvalue weighted by molar-refractivity contribution is 0.474. The summed E-state index contributed by atoms with van der Waals surface area (Å²) in [5.41, 5.74) is 1.44. The highest BCUT2D eigenvalue weighted by atomic mass is 32.2. The summed E-state index contributed by atoms with van der Waals surface area (Å²) in [6.07, 6.45) is 1.67. The summed E-state index contributed by atoms with van der Waals surface area (Å²) in [7, 11) is 0. The Morgan fingerprint density at radius 1 is 0.690 bits per heavy atom. The van der Waals surface area contributed by atoms with E-state index >= 15 is 0 Å². The standard InChI is InChI=1S/C24H18N2OS2/c27-22-14-8-7-9-18(22)17-25-21-15-16-23(28-19-10-3-1-4-11-19)26-24(21)29-20-12-5-2-6-13-20/h1-17,27H. The van der Waals surface area contributed by atoms with Crippen LogP contribution in [0.5, 0.6) is 5.75 Å². The molecule has 5 heteroatoms. The van der Waals surface area contributed by atoms with Crippen LogP contribution in [0.25, 0.3) is 0 Å². The zero-order valence-corrected chi connectivity index (χ0v) is 17.1. The highest BCUT2D eigenvalue weighted by molar-refractivity contribution is 8.00. The first kappa shape index (κ1) is 19.3. The van der Waals surface area contributed by atoms with Crippen molar-refractivity contribution in [1.29, 1.82) is 0 Å². The minimum Gasteiger partial charge on any atom is -0.507 e. The Morgan fingerprint density at radius 2 is 1.31 bits per heavy atom. The van der Waals surface area contributed by atoms with Crippen LogP contribution in [0.4, 0.5) is 5.69 Å². The maximum absolute atomic E-state index is 9.99. The van der Waals surface area contributed by atoms with Crippen LogP contribution in [0.15, 0.2) is 122 Å². The fourth-order valence-electron chi connectivity index (χ4n) is 2.59. The van der Waals surface area contributed by atoms with Gasteiger partial charge in [0.2, 0.25) is 0 Å². The van der Waals surface area contributed by atoms with Crippen molar-refractivity contribution in [2.75, 3.05) is 0 Å². The molecule has 3 aromatic carbocycles. The molecule has 142 valence electrons. The maximum atomic E-state index is 9.99. The molecule has 0 fully saturated rings. The molecule has 0 unspecified atom stereocenters. The maximum Gasteiger partial charge on any atom is 0.128 e. The summed E-state index contributed by atoms with van der Waals surface area (Å²) >= 11 is 3.20. The molecule has 0 aliphatic rings. The Morgan fingerprint density at radius 3 is 2.00 bits per heavy atom. The number of hydrogen-bond acceptors (Lipinski definition) is 5. The Labute approximate surface area is 178 Å². The van der Waals surface area contributed by atoms with Gasteiger partial charge in [0.05, 0.1) is 5.69 Å². The van der Waals surface area contributed by atoms with Crippen LogP contribution >= 0.6 is 23.5 Å². The van der Waals surface area contributed by atoms with Gasteiger partial charge in [-0.3, -0.25) is 4.99 Å². The molecular formula is C24H18N2OS2. The predicted octanol–water partition coefficient (Wildman–Crippen LogP) is 6.84. The van der Waals surface area contributed by atoms with Gasteiger partial charge in [0.25, 0.3) is 0 Å². The molecule has 1 N–H and O–H groups in total. The van der Waals surface area contributed by atoms with Gasteiger partial charge in [-0.2, -0.15) is 0 Å². The van der Waals surface area contributed by atoms with E-state index in [1.807, 2.05) is 60.7 Å². The van der Waals surface area contributed by atoms with E-state index in [9.17, 15) is 5.11 Å². The van der Waals surface area contributed by atoms with Crippen molar-refractivity contribution in [3.05, 3.63) is 103 Å². The zero-order valence-electron chi connectivity index (χ0n) is 15.5. The normalized spacial score (nSPS) is 11.0. The molecule has 0 atom stereocenters. The number of pyridine rings is 1. The van der Waals surface area contributed by atoms with Gasteiger partial charge < -0.3 is 5.11 Å². The summed E-state index contributed by atoms with van der Waals surface area (Å²) in [5, 5.41) is 11.7. The average molecular weight is 415 g/mol. The third-order valence-corrected chi connectivity index (χ3v) is 5.96. The van der Waals surface area contributed by atoms with E-state index in [1.54, 1.807) is 41.9 Å². The van der Waals surface area contributed by atoms with Crippen molar-refractivity contribution in [3.8, 4) is 5.75 Å². The fourth-order valence-corrected chi connectivity index (χ4v) is 4.34. The van der Waals surface area contributed by atoms with Crippen molar-refractivity contribution in [3.63, 3.8) is 0 Å². The first-order valence-electron chi connectivity index (χ1n) is 9.07. The lowest BCUT2D eigenvalue weighted by Crippen LogP contribution is -1.87. The largest absolute Gasteiger partial charge is 0.507 e. The van der Waals surface area contributed by atoms with Gasteiger partial charge in [0.1, 0.15) is 15.8 Å². The molecule has 3 nitrogen and oxygen atoms in total. The molecule has 0 amide bonds. The Balaban J connectivity index is 1.66. The number of aromatic nitrogens is 1. The highest BCUT2D eigenvalue weighted by Gasteiger charge is 2.09. The summed E-state index contributed by atoms with van der Waals surface area (Å²) in [6, 6.07) is 31.4. The Hall–Kier alpha value is -3.02. The molecule has 4 rings (SSSR count). The van der Waals surface area contributed by atoms with Crippen LogP contribution in [-0.4, -0.2) is 16.3 Å². The van der Waals surface area contributed by atoms with Crippen LogP contribution in [0.1, 0.15) is 5.56 Å². The smallest absolute Gasteiger partial charge is 0.128 e. The second-order valence-electron chi connectivity index (χ2n) is 6.12. The summed E-state index contributed by atoms with van der Waals surface area (Å²) in [4.78, 5) is 11.7. The topological polar surface area (TPSA) is 45.5 Å². The molecule has 0 aliphatic heterocycles. The number of hydrogen-bond donors (Lipinski definition) is 1. The van der Waals surface area contributed by atoms with Gasteiger partial charge in [-0.05, 0) is 48.5 Å². The molecule has 4 aromatic rings. The lowest BCUT2D eigenvalue weighted by Gasteiger charge is -2.08. The van der Waals surface area contributed by atoms with E-state index in [1.165, 1.54) is 0 Å². The zero-order chi connectivity index (χ0) is 19.9. The molecule has 29 heavy (non-hydrogen) atoms. The molecule has 0 radical (unpaired) electrons. The molecule has 0 saturated heterocycles. The second-order valence-corrected chi connectivity index (χ2v) is 8.28. The number of nitrogens with zero attached hydrogens (tertiary/aromatic N) is 2. The van der Waals surface area contributed by atoms with Crippen molar-refractivity contribution in [2.24, 2.45) is 4.99 Å². The van der Waals surface area contributed by atoms with Gasteiger partial charge in [-0.1, -0.05) is 72.1 Å². The fraction of sp³-hybridized carbons (Fsp3) is 0. The number of para-hydroxylation sites is 1. The SMILES string of the molecule is Oc1ccccc1C=Nc1ccc(Sc2ccccc2)nc1Sc1ccccc1. The summed E-state index contributed by atoms with van der Waals surface area (Å²) in [5.74, 6) is 0.206. The first-order valence-corrected chi connectivity index (χ1v) is 10.7. The molecule has 1 aromatic heterocycles. The monoisotopic (exact) mass is 414 g/mol. The van der Waals surface area contributed by atoms with E-state index in [2.05, 4.69) is 29.3 Å². The number of rotatable bonds is 6. The third kappa shape index (κ3) is 5.28. The van der Waals surface area contributed by atoms with Crippen LogP contribution < -0.4 is 0 Å². The van der Waals surface area contributed by atoms with Crippen molar-refractivity contribution in [2.45, 2.75) is 19.8 Å². The van der Waals surface area contributed by atoms with Crippen molar-refractivity contribution < 1.29 is 5.11 Å². The number of aliphatic imine (C=N–C) groups is 1. The molecule has 0 spiro atoms. The van der Waals surface area contributed by atoms with Crippen LogP contribution in [-0.2, 0) is 0 Å². The minimum atomic E-state index is 0.206. The highest BCUT2D eigenvalue weighted by Crippen LogP contribution is 2.36. The molecule has 0 bridgehead atoms. The lowest BCUT2D eigenvalue weighted by atomic mass is 10.2. The van der Waals surface area contributed by atoms with E-state index in [0.717, 1.165) is 25.5 Å². The average Bonchev–Trinajstić information content (AvgIpc) is 2.76. The van der Waals surface area contributed by atoms with Crippen LogP contribution in [0.2, 0.25) is 0 Å². The summed E-state index contributed by atoms with van der Waals surface area (Å²) in [6.45, 7) is 0. The second kappa shape index (κ2) is 9.45. The quantitative estimate of drug-likeness (QED) is 0.351. The molecule has 0 saturated carbocycles. The van der Waals surface area contributed by atoms with Gasteiger partial charge in [0, 0.05) is 21.6 Å². The van der Waals surface area contributed by atoms with Crippen LogP contribution in [0, 0.1) is 0 Å². The third-order valence-electron chi connectivity index (χ3n) is 4.02. The number of aromatic hydroxyl groups is 1. The Bertz CT molecular complexity index is 1120. The van der Waals surface area contributed by atoms with E-state index in [4.69, 9.17) is 4.98 Å². The minimum absolute atomic E-state index is 0.206. The molecule has 1 heterocycles. The van der Waals surface area contributed by atoms with Crippen LogP contribution in [0.3, 0.4) is 0 Å². The first-order chi connectivity index (χ1) is 14.3. The number of benzene rings is 3. The van der Waals surface area contributed by atoms with Gasteiger partial charge in [-0.25, -0.2) is 4.98 Å². The number of phenolic OH excluding ortho intramolecular Hbond substituents is 1. The van der Waals surface area contributed by atoms with E-state index in [-0.39, 0.29) is 5.75 Å². The molecule has 0 aliphatic carbocycles. The number of phenols is 1. The van der Waals surface area contributed by atoms with Gasteiger partial charge in [0.15, 0.2) is 0 Å². The van der Waals surface area contributed by atoms with Gasteiger partial charge in [-0.15, -0.1) is 0 Å². The van der Waals surface area contributed by atoms with Gasteiger partial charge >= 0.3 is 0 Å². The predicted molar refractivity (Wildman–Crippen MR) is 121 cm³/mol. The Kier molecular flexibility index (Phi) is 6.29. The van der Waals surface area contributed by atoms with Crippen molar-refractivity contribution in [1.82, 2.24) is 4.98 Å².